The third-order valence-electron chi connectivity index (χ3n) is 2.79. The molecule has 86 valence electrons. The van der Waals surface area contributed by atoms with Crippen LogP contribution in [0, 0.1) is 0 Å². The molecule has 2 unspecified atom stereocenters. The van der Waals surface area contributed by atoms with Crippen LogP contribution in [-0.4, -0.2) is 23.6 Å². The highest BCUT2D eigenvalue weighted by Gasteiger charge is 2.27. The Hall–Kier alpha value is -1.06. The molecule has 2 atom stereocenters. The Morgan fingerprint density at radius 1 is 1.44 bits per heavy atom. The van der Waals surface area contributed by atoms with E-state index in [1.54, 1.807) is 18.2 Å². The van der Waals surface area contributed by atoms with E-state index in [0.717, 1.165) is 19.3 Å². The van der Waals surface area contributed by atoms with E-state index < -0.39 is 6.10 Å². The number of aldehydes is 1. The molecular formula is C12H13ClO3. The average Bonchev–Trinajstić information content (AvgIpc) is 2.67. The Labute approximate surface area is 99.0 Å². The number of carbonyl (C=O) groups is 1. The Kier molecular flexibility index (Phi) is 3.46. The maximum atomic E-state index is 10.8. The molecule has 0 heterocycles. The van der Waals surface area contributed by atoms with Crippen molar-refractivity contribution in [3.8, 4) is 5.75 Å². The van der Waals surface area contributed by atoms with Crippen LogP contribution in [0.15, 0.2) is 18.2 Å². The summed E-state index contributed by atoms with van der Waals surface area (Å²) in [6.07, 6.45) is 2.60. The minimum absolute atomic E-state index is 0.208. The van der Waals surface area contributed by atoms with E-state index in [-0.39, 0.29) is 6.10 Å². The third kappa shape index (κ3) is 2.36. The summed E-state index contributed by atoms with van der Waals surface area (Å²) in [5.41, 5.74) is 0.423. The van der Waals surface area contributed by atoms with Crippen LogP contribution in [0.1, 0.15) is 29.6 Å². The van der Waals surface area contributed by atoms with Crippen molar-refractivity contribution in [2.75, 3.05) is 0 Å². The maximum Gasteiger partial charge on any atom is 0.153 e. The molecule has 0 spiro atoms. The number of rotatable bonds is 3. The van der Waals surface area contributed by atoms with Gasteiger partial charge in [0.05, 0.1) is 11.7 Å². The molecule has 1 saturated carbocycles. The highest BCUT2D eigenvalue weighted by Crippen LogP contribution is 2.28. The average molecular weight is 241 g/mol. The van der Waals surface area contributed by atoms with Gasteiger partial charge < -0.3 is 9.84 Å². The van der Waals surface area contributed by atoms with Gasteiger partial charge >= 0.3 is 0 Å². The molecule has 1 N–H and O–H groups in total. The van der Waals surface area contributed by atoms with E-state index in [1.807, 2.05) is 0 Å². The van der Waals surface area contributed by atoms with Crippen LogP contribution in [0.3, 0.4) is 0 Å². The molecule has 4 heteroatoms. The van der Waals surface area contributed by atoms with Crippen molar-refractivity contribution < 1.29 is 14.6 Å². The fourth-order valence-electron chi connectivity index (χ4n) is 1.93. The van der Waals surface area contributed by atoms with Crippen molar-refractivity contribution in [2.24, 2.45) is 0 Å². The second kappa shape index (κ2) is 4.85. The lowest BCUT2D eigenvalue weighted by molar-refractivity contribution is 0.0597. The summed E-state index contributed by atoms with van der Waals surface area (Å²) in [5, 5.41) is 10.1. The fourth-order valence-corrected chi connectivity index (χ4v) is 2.11. The fraction of sp³-hybridized carbons (Fsp3) is 0.417. The predicted molar refractivity (Wildman–Crippen MR) is 61.1 cm³/mol. The SMILES string of the molecule is O=Cc1cc(Cl)ccc1OC1CCCC1O. The van der Waals surface area contributed by atoms with E-state index in [9.17, 15) is 9.90 Å². The van der Waals surface area contributed by atoms with Gasteiger partial charge in [-0.2, -0.15) is 0 Å². The molecule has 1 fully saturated rings. The minimum atomic E-state index is -0.435. The molecule has 1 aliphatic carbocycles. The number of aliphatic hydroxyl groups excluding tert-OH is 1. The number of halogens is 1. The van der Waals surface area contributed by atoms with Crippen LogP contribution in [0.4, 0.5) is 0 Å². The van der Waals surface area contributed by atoms with Crippen LogP contribution in [0.2, 0.25) is 5.02 Å². The molecule has 0 radical (unpaired) electrons. The number of benzene rings is 1. The number of hydrogen-bond acceptors (Lipinski definition) is 3. The predicted octanol–water partition coefficient (Wildman–Crippen LogP) is 2.44. The van der Waals surface area contributed by atoms with Gasteiger partial charge in [-0.25, -0.2) is 0 Å². The molecule has 0 bridgehead atoms. The molecular weight excluding hydrogens is 228 g/mol. The second-order valence-corrected chi connectivity index (χ2v) is 4.39. The summed E-state index contributed by atoms with van der Waals surface area (Å²) in [7, 11) is 0. The molecule has 1 aromatic rings. The van der Waals surface area contributed by atoms with Gasteiger partial charge in [0.15, 0.2) is 6.29 Å². The molecule has 3 nitrogen and oxygen atoms in total. The molecule has 16 heavy (non-hydrogen) atoms. The first kappa shape index (κ1) is 11.4. The lowest BCUT2D eigenvalue weighted by atomic mass is 10.2. The van der Waals surface area contributed by atoms with Crippen LogP contribution < -0.4 is 4.74 Å². The summed E-state index contributed by atoms with van der Waals surface area (Å²) in [6, 6.07) is 4.90. The van der Waals surface area contributed by atoms with Crippen molar-refractivity contribution in [1.82, 2.24) is 0 Å². The minimum Gasteiger partial charge on any atom is -0.487 e. The highest BCUT2D eigenvalue weighted by molar-refractivity contribution is 6.30. The monoisotopic (exact) mass is 240 g/mol. The van der Waals surface area contributed by atoms with E-state index in [2.05, 4.69) is 0 Å². The zero-order valence-electron chi connectivity index (χ0n) is 8.73. The van der Waals surface area contributed by atoms with Crippen LogP contribution >= 0.6 is 11.6 Å². The zero-order chi connectivity index (χ0) is 11.5. The largest absolute Gasteiger partial charge is 0.487 e. The first-order valence-corrected chi connectivity index (χ1v) is 5.68. The second-order valence-electron chi connectivity index (χ2n) is 3.95. The molecule has 0 aliphatic heterocycles. The van der Waals surface area contributed by atoms with Crippen molar-refractivity contribution in [2.45, 2.75) is 31.5 Å². The molecule has 2 rings (SSSR count). The molecule has 0 saturated heterocycles. The van der Waals surface area contributed by atoms with E-state index >= 15 is 0 Å². The van der Waals surface area contributed by atoms with Gasteiger partial charge in [0, 0.05) is 5.02 Å². The van der Waals surface area contributed by atoms with E-state index in [1.165, 1.54) is 0 Å². The summed E-state index contributed by atoms with van der Waals surface area (Å²) >= 11 is 5.78. The van der Waals surface area contributed by atoms with Gasteiger partial charge in [-0.15, -0.1) is 0 Å². The zero-order valence-corrected chi connectivity index (χ0v) is 9.48. The Bertz CT molecular complexity index is 392. The number of hydrogen-bond donors (Lipinski definition) is 1. The van der Waals surface area contributed by atoms with Crippen molar-refractivity contribution in [3.05, 3.63) is 28.8 Å². The van der Waals surface area contributed by atoms with Gasteiger partial charge in [0.2, 0.25) is 0 Å². The lowest BCUT2D eigenvalue weighted by Gasteiger charge is -2.18. The Balaban J connectivity index is 2.17. The standard InChI is InChI=1S/C12H13ClO3/c13-9-4-5-11(8(6-9)7-14)16-12-3-1-2-10(12)15/h4-7,10,12,15H,1-3H2. The summed E-state index contributed by atoms with van der Waals surface area (Å²) in [6.45, 7) is 0. The van der Waals surface area contributed by atoms with E-state index in [4.69, 9.17) is 16.3 Å². The van der Waals surface area contributed by atoms with Crippen LogP contribution in [0.25, 0.3) is 0 Å². The molecule has 0 amide bonds. The smallest absolute Gasteiger partial charge is 0.153 e. The Morgan fingerprint density at radius 2 is 2.25 bits per heavy atom. The van der Waals surface area contributed by atoms with Crippen molar-refractivity contribution >= 4 is 17.9 Å². The number of ether oxygens (including phenoxy) is 1. The van der Waals surface area contributed by atoms with E-state index in [0.29, 0.717) is 22.6 Å². The maximum absolute atomic E-state index is 10.8. The quantitative estimate of drug-likeness (QED) is 0.826. The molecule has 1 aliphatic rings. The van der Waals surface area contributed by atoms with Crippen LogP contribution in [0.5, 0.6) is 5.75 Å². The first-order chi connectivity index (χ1) is 7.70. The normalized spacial score (nSPS) is 24.4. The third-order valence-corrected chi connectivity index (χ3v) is 3.03. The van der Waals surface area contributed by atoms with Crippen molar-refractivity contribution in [1.29, 1.82) is 0 Å². The van der Waals surface area contributed by atoms with Gasteiger partial charge in [0.25, 0.3) is 0 Å². The number of carbonyl (C=O) groups excluding carboxylic acids is 1. The van der Waals surface area contributed by atoms with Crippen molar-refractivity contribution in [3.63, 3.8) is 0 Å². The van der Waals surface area contributed by atoms with Gasteiger partial charge in [0.1, 0.15) is 11.9 Å². The topological polar surface area (TPSA) is 46.5 Å². The van der Waals surface area contributed by atoms with Crippen LogP contribution in [-0.2, 0) is 0 Å². The summed E-state index contributed by atoms with van der Waals surface area (Å²) < 4.78 is 5.62. The molecule has 1 aromatic carbocycles. The lowest BCUT2D eigenvalue weighted by Crippen LogP contribution is -2.26. The summed E-state index contributed by atoms with van der Waals surface area (Å²) in [4.78, 5) is 10.8. The highest BCUT2D eigenvalue weighted by atomic mass is 35.5. The van der Waals surface area contributed by atoms with Gasteiger partial charge in [-0.1, -0.05) is 11.6 Å². The summed E-state index contributed by atoms with van der Waals surface area (Å²) in [5.74, 6) is 0.491. The Morgan fingerprint density at radius 3 is 2.88 bits per heavy atom. The number of aliphatic hydroxyl groups is 1. The first-order valence-electron chi connectivity index (χ1n) is 5.30. The molecule has 0 aromatic heterocycles. The van der Waals surface area contributed by atoms with Gasteiger partial charge in [-0.05, 0) is 37.5 Å². The van der Waals surface area contributed by atoms with Gasteiger partial charge in [-0.3, -0.25) is 4.79 Å².